The number of guanidine groups is 1. The van der Waals surface area contributed by atoms with Crippen LogP contribution >= 0.6 is 24.0 Å². The summed E-state index contributed by atoms with van der Waals surface area (Å²) in [4.78, 5) is 9.01. The first kappa shape index (κ1) is 22.9. The molecule has 7 heteroatoms. The van der Waals surface area contributed by atoms with Crippen LogP contribution in [-0.4, -0.2) is 29.2 Å². The van der Waals surface area contributed by atoms with Crippen LogP contribution in [0, 0.1) is 0 Å². The van der Waals surface area contributed by atoms with Gasteiger partial charge >= 0.3 is 0 Å². The summed E-state index contributed by atoms with van der Waals surface area (Å²) in [5.41, 5.74) is 3.38. The third kappa shape index (κ3) is 7.16. The molecule has 0 bridgehead atoms. The van der Waals surface area contributed by atoms with Crippen LogP contribution in [0.4, 0.5) is 0 Å². The molecule has 0 atom stereocenters. The van der Waals surface area contributed by atoms with Gasteiger partial charge in [-0.15, -0.1) is 24.0 Å². The van der Waals surface area contributed by atoms with Gasteiger partial charge in [-0.3, -0.25) is 0 Å². The van der Waals surface area contributed by atoms with Crippen LogP contribution in [-0.2, 0) is 19.4 Å². The van der Waals surface area contributed by atoms with E-state index in [9.17, 15) is 0 Å². The molecule has 0 fully saturated rings. The molecule has 154 valence electrons. The molecule has 2 aromatic carbocycles. The van der Waals surface area contributed by atoms with Crippen molar-refractivity contribution in [3.8, 4) is 11.5 Å². The molecule has 29 heavy (non-hydrogen) atoms. The number of aryl methyl sites for hydroxylation is 1. The highest BCUT2D eigenvalue weighted by molar-refractivity contribution is 14.0. The molecule has 0 aliphatic rings. The lowest BCUT2D eigenvalue weighted by Crippen LogP contribution is -2.38. The van der Waals surface area contributed by atoms with Gasteiger partial charge in [-0.1, -0.05) is 54.5 Å². The average molecular weight is 505 g/mol. The molecule has 0 aliphatic heterocycles. The van der Waals surface area contributed by atoms with Crippen LogP contribution in [0.1, 0.15) is 30.8 Å². The van der Waals surface area contributed by atoms with E-state index in [2.05, 4.69) is 57.0 Å². The number of rotatable bonds is 8. The summed E-state index contributed by atoms with van der Waals surface area (Å²) >= 11 is 0. The van der Waals surface area contributed by atoms with Crippen molar-refractivity contribution in [2.24, 2.45) is 4.99 Å². The summed E-state index contributed by atoms with van der Waals surface area (Å²) in [7, 11) is 0. The molecule has 3 aromatic rings. The van der Waals surface area contributed by atoms with Crippen molar-refractivity contribution in [1.82, 2.24) is 20.8 Å². The molecule has 0 saturated carbocycles. The number of benzene rings is 2. The average Bonchev–Trinajstić information content (AvgIpc) is 3.22. The van der Waals surface area contributed by atoms with Crippen molar-refractivity contribution < 1.29 is 4.52 Å². The van der Waals surface area contributed by atoms with Gasteiger partial charge in [0.25, 0.3) is 5.89 Å². The van der Waals surface area contributed by atoms with E-state index in [4.69, 9.17) is 4.52 Å². The van der Waals surface area contributed by atoms with Crippen LogP contribution < -0.4 is 10.6 Å². The van der Waals surface area contributed by atoms with Crippen molar-refractivity contribution >= 4 is 29.9 Å². The number of nitrogens with zero attached hydrogens (tertiary/aromatic N) is 3. The van der Waals surface area contributed by atoms with E-state index >= 15 is 0 Å². The second-order valence-corrected chi connectivity index (χ2v) is 6.42. The maximum Gasteiger partial charge on any atom is 0.257 e. The zero-order valence-electron chi connectivity index (χ0n) is 16.9. The first-order valence-corrected chi connectivity index (χ1v) is 9.76. The predicted octanol–water partition coefficient (Wildman–Crippen LogP) is 4.21. The Morgan fingerprint density at radius 3 is 2.38 bits per heavy atom. The number of hydrogen-bond donors (Lipinski definition) is 2. The van der Waals surface area contributed by atoms with Gasteiger partial charge in [0, 0.05) is 25.1 Å². The van der Waals surface area contributed by atoms with E-state index in [0.29, 0.717) is 12.4 Å². The molecular formula is C22H28IN5O. The number of halogens is 1. The van der Waals surface area contributed by atoms with Crippen molar-refractivity contribution in [2.75, 3.05) is 13.1 Å². The number of aliphatic imine (C=N–C) groups is 1. The Morgan fingerprint density at radius 2 is 1.72 bits per heavy atom. The summed E-state index contributed by atoms with van der Waals surface area (Å²) in [5.74, 6) is 2.14. The maximum absolute atomic E-state index is 5.29. The molecule has 0 unspecified atom stereocenters. The van der Waals surface area contributed by atoms with E-state index < -0.39 is 0 Å². The molecule has 0 saturated heterocycles. The summed E-state index contributed by atoms with van der Waals surface area (Å²) in [5, 5.41) is 10.6. The van der Waals surface area contributed by atoms with Gasteiger partial charge < -0.3 is 15.2 Å². The molecule has 1 heterocycles. The zero-order valence-corrected chi connectivity index (χ0v) is 19.2. The quantitative estimate of drug-likeness (QED) is 0.273. The highest BCUT2D eigenvalue weighted by Crippen LogP contribution is 2.18. The molecule has 0 amide bonds. The third-order valence-corrected chi connectivity index (χ3v) is 4.30. The van der Waals surface area contributed by atoms with Crippen molar-refractivity contribution in [3.63, 3.8) is 0 Å². The van der Waals surface area contributed by atoms with Crippen molar-refractivity contribution in [2.45, 2.75) is 33.2 Å². The van der Waals surface area contributed by atoms with Gasteiger partial charge in [-0.25, -0.2) is 4.99 Å². The van der Waals surface area contributed by atoms with E-state index in [1.165, 1.54) is 11.1 Å². The SMILES string of the molecule is CCNC(=NCc1ccccc1)NCCc1ccc(-c2nc(CC)no2)cc1.I. The Kier molecular flexibility index (Phi) is 9.63. The summed E-state index contributed by atoms with van der Waals surface area (Å²) in [6.07, 6.45) is 1.67. The molecule has 6 nitrogen and oxygen atoms in total. The Labute approximate surface area is 189 Å². The van der Waals surface area contributed by atoms with Gasteiger partial charge in [-0.2, -0.15) is 4.98 Å². The van der Waals surface area contributed by atoms with Gasteiger partial charge in [0.15, 0.2) is 11.8 Å². The van der Waals surface area contributed by atoms with Crippen molar-refractivity contribution in [3.05, 3.63) is 71.5 Å². The highest BCUT2D eigenvalue weighted by Gasteiger charge is 2.07. The Morgan fingerprint density at radius 1 is 0.966 bits per heavy atom. The standard InChI is InChI=1S/C22H27N5O.HI/c1-3-20-26-21(28-27-20)19-12-10-17(11-13-19)14-15-24-22(23-4-2)25-16-18-8-6-5-7-9-18;/h5-13H,3-4,14-16H2,1-2H3,(H2,23,24,25);1H. The number of hydrogen-bond acceptors (Lipinski definition) is 4. The lowest BCUT2D eigenvalue weighted by Gasteiger charge is -2.11. The molecule has 3 rings (SSSR count). The van der Waals surface area contributed by atoms with Gasteiger partial charge in [0.1, 0.15) is 0 Å². The molecule has 0 aliphatic carbocycles. The molecule has 0 spiro atoms. The monoisotopic (exact) mass is 505 g/mol. The number of aromatic nitrogens is 2. The minimum absolute atomic E-state index is 0. The van der Waals surface area contributed by atoms with Crippen LogP contribution in [0.5, 0.6) is 0 Å². The Hall–Kier alpha value is -2.42. The molecular weight excluding hydrogens is 477 g/mol. The number of nitrogens with one attached hydrogen (secondary N) is 2. The first-order valence-electron chi connectivity index (χ1n) is 9.76. The Balaban J connectivity index is 0.00000300. The smallest absolute Gasteiger partial charge is 0.257 e. The van der Waals surface area contributed by atoms with Gasteiger partial charge in [0.05, 0.1) is 6.54 Å². The maximum atomic E-state index is 5.29. The summed E-state index contributed by atoms with van der Waals surface area (Å²) in [6.45, 7) is 6.38. The van der Waals surface area contributed by atoms with Crippen LogP contribution in [0.25, 0.3) is 11.5 Å². The minimum Gasteiger partial charge on any atom is -0.357 e. The van der Waals surface area contributed by atoms with Gasteiger partial charge in [-0.05, 0) is 36.6 Å². The fourth-order valence-corrected chi connectivity index (χ4v) is 2.75. The van der Waals surface area contributed by atoms with E-state index in [1.807, 2.05) is 37.3 Å². The van der Waals surface area contributed by atoms with Gasteiger partial charge in [0.2, 0.25) is 0 Å². The van der Waals surface area contributed by atoms with Crippen LogP contribution in [0.15, 0.2) is 64.1 Å². The summed E-state index contributed by atoms with van der Waals surface area (Å²) in [6, 6.07) is 18.5. The fourth-order valence-electron chi connectivity index (χ4n) is 2.75. The third-order valence-electron chi connectivity index (χ3n) is 4.30. The lowest BCUT2D eigenvalue weighted by molar-refractivity contribution is 0.423. The van der Waals surface area contributed by atoms with Crippen LogP contribution in [0.3, 0.4) is 0 Å². The second kappa shape index (κ2) is 12.2. The van der Waals surface area contributed by atoms with E-state index in [0.717, 1.165) is 43.3 Å². The molecule has 1 aromatic heterocycles. The first-order chi connectivity index (χ1) is 13.8. The van der Waals surface area contributed by atoms with Crippen molar-refractivity contribution in [1.29, 1.82) is 0 Å². The normalized spacial score (nSPS) is 11.0. The lowest BCUT2D eigenvalue weighted by atomic mass is 10.1. The fraction of sp³-hybridized carbons (Fsp3) is 0.318. The second-order valence-electron chi connectivity index (χ2n) is 6.42. The topological polar surface area (TPSA) is 75.3 Å². The van der Waals surface area contributed by atoms with E-state index in [1.54, 1.807) is 0 Å². The predicted molar refractivity (Wildman–Crippen MR) is 127 cm³/mol. The van der Waals surface area contributed by atoms with Crippen LogP contribution in [0.2, 0.25) is 0 Å². The van der Waals surface area contributed by atoms with E-state index in [-0.39, 0.29) is 24.0 Å². The largest absolute Gasteiger partial charge is 0.357 e. The minimum atomic E-state index is 0. The molecule has 0 radical (unpaired) electrons. The molecule has 2 N–H and O–H groups in total. The Bertz CT molecular complexity index is 878. The highest BCUT2D eigenvalue weighted by atomic mass is 127. The summed E-state index contributed by atoms with van der Waals surface area (Å²) < 4.78 is 5.29. The zero-order chi connectivity index (χ0) is 19.6.